The lowest BCUT2D eigenvalue weighted by atomic mass is 10.3. The topological polar surface area (TPSA) is 61.6 Å². The SMILES string of the molecule is COCC(Oc1ccc(Cl)cc1I)C(N)=O. The first-order valence-electron chi connectivity index (χ1n) is 4.44. The quantitative estimate of drug-likeness (QED) is 0.820. The monoisotopic (exact) mass is 355 g/mol. The molecule has 0 aliphatic rings. The van der Waals surface area contributed by atoms with Crippen molar-refractivity contribution in [2.75, 3.05) is 13.7 Å². The number of benzene rings is 1. The predicted octanol–water partition coefficient (Wildman–Crippen LogP) is 1.82. The lowest BCUT2D eigenvalue weighted by molar-refractivity contribution is -0.126. The molecule has 16 heavy (non-hydrogen) atoms. The number of ether oxygens (including phenoxy) is 2. The molecule has 1 aromatic carbocycles. The fourth-order valence-electron chi connectivity index (χ4n) is 1.05. The smallest absolute Gasteiger partial charge is 0.260 e. The van der Waals surface area contributed by atoms with Crippen molar-refractivity contribution in [2.24, 2.45) is 5.73 Å². The summed E-state index contributed by atoms with van der Waals surface area (Å²) in [6.07, 6.45) is -0.792. The third-order valence-electron chi connectivity index (χ3n) is 1.80. The van der Waals surface area contributed by atoms with Crippen LogP contribution < -0.4 is 10.5 Å². The third-order valence-corrected chi connectivity index (χ3v) is 2.88. The van der Waals surface area contributed by atoms with Gasteiger partial charge in [-0.15, -0.1) is 0 Å². The molecule has 1 atom stereocenters. The normalized spacial score (nSPS) is 12.2. The highest BCUT2D eigenvalue weighted by atomic mass is 127. The average Bonchev–Trinajstić information content (AvgIpc) is 2.20. The molecule has 0 heterocycles. The van der Waals surface area contributed by atoms with Crippen LogP contribution >= 0.6 is 34.2 Å². The highest BCUT2D eigenvalue weighted by Gasteiger charge is 2.18. The number of carbonyl (C=O) groups excluding carboxylic acids is 1. The molecule has 0 spiro atoms. The standard InChI is InChI=1S/C10H11ClINO3/c1-15-5-9(10(13)14)16-8-3-2-6(11)4-7(8)12/h2-4,9H,5H2,1H3,(H2,13,14). The van der Waals surface area contributed by atoms with Crippen LogP contribution in [0.15, 0.2) is 18.2 Å². The largest absolute Gasteiger partial charge is 0.477 e. The van der Waals surface area contributed by atoms with E-state index in [9.17, 15) is 4.79 Å². The molecule has 0 bridgehead atoms. The second-order valence-electron chi connectivity index (χ2n) is 3.04. The number of methoxy groups -OCH3 is 1. The molecule has 1 rings (SSSR count). The van der Waals surface area contributed by atoms with Gasteiger partial charge in [0.05, 0.1) is 10.2 Å². The maximum absolute atomic E-state index is 11.1. The second kappa shape index (κ2) is 6.27. The molecule has 0 aromatic heterocycles. The molecule has 4 nitrogen and oxygen atoms in total. The molecule has 2 N–H and O–H groups in total. The summed E-state index contributed by atoms with van der Waals surface area (Å²) in [6, 6.07) is 5.11. The van der Waals surface area contributed by atoms with Crippen LogP contribution in [0.25, 0.3) is 0 Å². The lowest BCUT2D eigenvalue weighted by Crippen LogP contribution is -2.37. The first-order valence-corrected chi connectivity index (χ1v) is 5.90. The molecule has 0 radical (unpaired) electrons. The zero-order valence-electron chi connectivity index (χ0n) is 8.57. The Labute approximate surface area is 112 Å². The summed E-state index contributed by atoms with van der Waals surface area (Å²) < 4.78 is 11.1. The van der Waals surface area contributed by atoms with Crippen LogP contribution in [0.4, 0.5) is 0 Å². The Morgan fingerprint density at radius 3 is 2.81 bits per heavy atom. The van der Waals surface area contributed by atoms with Gasteiger partial charge in [-0.3, -0.25) is 4.79 Å². The Morgan fingerprint density at radius 2 is 2.31 bits per heavy atom. The number of carbonyl (C=O) groups is 1. The Balaban J connectivity index is 2.81. The zero-order chi connectivity index (χ0) is 12.1. The first kappa shape index (κ1) is 13.5. The number of halogens is 2. The minimum atomic E-state index is -0.792. The van der Waals surface area contributed by atoms with E-state index in [2.05, 4.69) is 22.6 Å². The van der Waals surface area contributed by atoms with Gasteiger partial charge in [-0.1, -0.05) is 11.6 Å². The number of nitrogens with two attached hydrogens (primary N) is 1. The lowest BCUT2D eigenvalue weighted by Gasteiger charge is -2.16. The fourth-order valence-corrected chi connectivity index (χ4v) is 2.05. The molecule has 1 aromatic rings. The van der Waals surface area contributed by atoms with Crippen LogP contribution in [0.1, 0.15) is 0 Å². The summed E-state index contributed by atoms with van der Waals surface area (Å²) in [5.41, 5.74) is 5.18. The van der Waals surface area contributed by atoms with E-state index in [0.717, 1.165) is 3.57 Å². The number of primary amides is 1. The predicted molar refractivity (Wildman–Crippen MR) is 69.7 cm³/mol. The van der Waals surface area contributed by atoms with Crippen LogP contribution in [-0.4, -0.2) is 25.7 Å². The van der Waals surface area contributed by atoms with E-state index in [0.29, 0.717) is 10.8 Å². The van der Waals surface area contributed by atoms with Crippen molar-refractivity contribution in [1.82, 2.24) is 0 Å². The van der Waals surface area contributed by atoms with Crippen LogP contribution in [0.5, 0.6) is 5.75 Å². The van der Waals surface area contributed by atoms with Crippen molar-refractivity contribution < 1.29 is 14.3 Å². The molecule has 0 saturated carbocycles. The second-order valence-corrected chi connectivity index (χ2v) is 4.64. The molecule has 0 saturated heterocycles. The molecular formula is C10H11ClINO3. The van der Waals surface area contributed by atoms with E-state index in [1.807, 2.05) is 0 Å². The summed E-state index contributed by atoms with van der Waals surface area (Å²) in [4.78, 5) is 11.1. The number of rotatable bonds is 5. The maximum Gasteiger partial charge on any atom is 0.260 e. The van der Waals surface area contributed by atoms with Gasteiger partial charge in [0, 0.05) is 12.1 Å². The molecule has 6 heteroatoms. The summed E-state index contributed by atoms with van der Waals surface area (Å²) in [7, 11) is 1.48. The minimum absolute atomic E-state index is 0.119. The van der Waals surface area contributed by atoms with E-state index in [1.54, 1.807) is 18.2 Å². The number of amides is 1. The van der Waals surface area contributed by atoms with Gasteiger partial charge >= 0.3 is 0 Å². The van der Waals surface area contributed by atoms with Crippen LogP contribution in [0.3, 0.4) is 0 Å². The molecular weight excluding hydrogens is 344 g/mol. The van der Waals surface area contributed by atoms with Crippen molar-refractivity contribution in [2.45, 2.75) is 6.10 Å². The number of hydrogen-bond donors (Lipinski definition) is 1. The molecule has 0 aliphatic carbocycles. The molecule has 0 aliphatic heterocycles. The van der Waals surface area contributed by atoms with E-state index in [4.69, 9.17) is 26.8 Å². The van der Waals surface area contributed by atoms with E-state index >= 15 is 0 Å². The molecule has 1 unspecified atom stereocenters. The molecule has 0 fully saturated rings. The summed E-state index contributed by atoms with van der Waals surface area (Å²) >= 11 is 7.87. The Bertz CT molecular complexity index is 386. The van der Waals surface area contributed by atoms with Crippen LogP contribution in [-0.2, 0) is 9.53 Å². The van der Waals surface area contributed by atoms with Crippen molar-refractivity contribution >= 4 is 40.1 Å². The third kappa shape index (κ3) is 3.80. The van der Waals surface area contributed by atoms with Crippen molar-refractivity contribution in [3.05, 3.63) is 26.8 Å². The maximum atomic E-state index is 11.1. The van der Waals surface area contributed by atoms with E-state index in [1.165, 1.54) is 7.11 Å². The van der Waals surface area contributed by atoms with Crippen molar-refractivity contribution in [3.63, 3.8) is 0 Å². The van der Waals surface area contributed by atoms with Crippen LogP contribution in [0, 0.1) is 3.57 Å². The summed E-state index contributed by atoms with van der Waals surface area (Å²) in [5.74, 6) is -0.00144. The molecule has 1 amide bonds. The van der Waals surface area contributed by atoms with E-state index < -0.39 is 12.0 Å². The van der Waals surface area contributed by atoms with Gasteiger partial charge in [-0.2, -0.15) is 0 Å². The van der Waals surface area contributed by atoms with Gasteiger partial charge in [0.25, 0.3) is 5.91 Å². The van der Waals surface area contributed by atoms with Gasteiger partial charge < -0.3 is 15.2 Å². The summed E-state index contributed by atoms with van der Waals surface area (Å²) in [6.45, 7) is 0.119. The van der Waals surface area contributed by atoms with E-state index in [-0.39, 0.29) is 6.61 Å². The zero-order valence-corrected chi connectivity index (χ0v) is 11.5. The Kier molecular flexibility index (Phi) is 5.30. The fraction of sp³-hybridized carbons (Fsp3) is 0.300. The number of hydrogen-bond acceptors (Lipinski definition) is 3. The first-order chi connectivity index (χ1) is 7.54. The van der Waals surface area contributed by atoms with Crippen LogP contribution in [0.2, 0.25) is 5.02 Å². The van der Waals surface area contributed by atoms with Gasteiger partial charge in [0.2, 0.25) is 0 Å². The average molecular weight is 356 g/mol. The van der Waals surface area contributed by atoms with Gasteiger partial charge in [-0.05, 0) is 40.8 Å². The Hall–Kier alpha value is -0.530. The van der Waals surface area contributed by atoms with Crippen molar-refractivity contribution in [3.8, 4) is 5.75 Å². The summed E-state index contributed by atoms with van der Waals surface area (Å²) in [5, 5.41) is 0.610. The highest BCUT2D eigenvalue weighted by molar-refractivity contribution is 14.1. The van der Waals surface area contributed by atoms with Gasteiger partial charge in [0.1, 0.15) is 5.75 Å². The van der Waals surface area contributed by atoms with Crippen molar-refractivity contribution in [1.29, 1.82) is 0 Å². The Morgan fingerprint density at radius 1 is 1.62 bits per heavy atom. The van der Waals surface area contributed by atoms with Gasteiger partial charge in [-0.25, -0.2) is 0 Å². The van der Waals surface area contributed by atoms with Gasteiger partial charge in [0.15, 0.2) is 6.10 Å². The highest BCUT2D eigenvalue weighted by Crippen LogP contribution is 2.25. The molecule has 88 valence electrons. The minimum Gasteiger partial charge on any atom is -0.477 e.